The van der Waals surface area contributed by atoms with E-state index in [9.17, 15) is 13.2 Å². The molecule has 0 saturated carbocycles. The lowest BCUT2D eigenvalue weighted by Gasteiger charge is -2.32. The van der Waals surface area contributed by atoms with Crippen molar-refractivity contribution in [3.63, 3.8) is 0 Å². The number of ether oxygens (including phenoxy) is 1. The minimum absolute atomic E-state index is 0.00270. The molecule has 0 spiro atoms. The van der Waals surface area contributed by atoms with Crippen LogP contribution in [0, 0.1) is 3.57 Å². The van der Waals surface area contributed by atoms with E-state index in [0.29, 0.717) is 23.7 Å². The molecule has 1 amide bonds. The molecule has 1 saturated heterocycles. The molecule has 0 unspecified atom stereocenters. The van der Waals surface area contributed by atoms with Crippen LogP contribution in [0.25, 0.3) is 11.1 Å². The molecule has 13 heteroatoms. The highest BCUT2D eigenvalue weighted by atomic mass is 127. The second-order valence-electron chi connectivity index (χ2n) is 8.58. The van der Waals surface area contributed by atoms with Gasteiger partial charge in [-0.25, -0.2) is 13.6 Å². The van der Waals surface area contributed by atoms with Gasteiger partial charge >= 0.3 is 0 Å². The number of amides is 1. The average molecular weight is 648 g/mol. The number of hydrogen-bond acceptors (Lipinski definition) is 8. The number of benzene rings is 2. The van der Waals surface area contributed by atoms with Gasteiger partial charge in [-0.15, -0.1) is 0 Å². The summed E-state index contributed by atoms with van der Waals surface area (Å²) in [5, 5.41) is 11.4. The molecule has 0 atom stereocenters. The second kappa shape index (κ2) is 11.1. The Bertz CT molecular complexity index is 1390. The van der Waals surface area contributed by atoms with Crippen molar-refractivity contribution in [2.75, 3.05) is 30.3 Å². The van der Waals surface area contributed by atoms with Crippen LogP contribution in [0.5, 0.6) is 5.75 Å². The van der Waals surface area contributed by atoms with E-state index < -0.39 is 10.0 Å². The predicted molar refractivity (Wildman–Crippen MR) is 147 cm³/mol. The third kappa shape index (κ3) is 6.40. The number of oxazole rings is 1. The van der Waals surface area contributed by atoms with Crippen LogP contribution < -0.4 is 20.5 Å². The lowest BCUT2D eigenvalue weighted by atomic mass is 10.0. The summed E-state index contributed by atoms with van der Waals surface area (Å²) in [6, 6.07) is 7.20. The third-order valence-corrected chi connectivity index (χ3v) is 8.27. The summed E-state index contributed by atoms with van der Waals surface area (Å²) in [5.41, 5.74) is 2.56. The molecule has 4 N–H and O–H groups in total. The van der Waals surface area contributed by atoms with Crippen molar-refractivity contribution in [2.24, 2.45) is 5.14 Å². The number of anilines is 2. The monoisotopic (exact) mass is 647 g/mol. The van der Waals surface area contributed by atoms with Gasteiger partial charge in [-0.3, -0.25) is 9.69 Å². The number of aromatic nitrogens is 1. The van der Waals surface area contributed by atoms with Crippen molar-refractivity contribution < 1.29 is 22.4 Å². The van der Waals surface area contributed by atoms with Crippen LogP contribution in [-0.4, -0.2) is 49.9 Å². The van der Waals surface area contributed by atoms with Crippen LogP contribution in [0.2, 0.25) is 5.02 Å². The van der Waals surface area contributed by atoms with Crippen LogP contribution in [0.3, 0.4) is 0 Å². The number of piperidine rings is 1. The number of nitrogens with zero attached hydrogens (tertiary/aromatic N) is 2. The Labute approximate surface area is 228 Å². The van der Waals surface area contributed by atoms with Crippen LogP contribution in [-0.2, 0) is 21.4 Å². The Morgan fingerprint density at radius 1 is 1.31 bits per heavy atom. The number of hydrogen-bond donors (Lipinski definition) is 3. The van der Waals surface area contributed by atoms with Crippen molar-refractivity contribution in [3.8, 4) is 5.75 Å². The van der Waals surface area contributed by atoms with Gasteiger partial charge in [0.15, 0.2) is 5.58 Å². The fraction of sp³-hybridized carbons (Fsp3) is 0.391. The van der Waals surface area contributed by atoms with Crippen molar-refractivity contribution in [1.82, 2.24) is 9.88 Å². The van der Waals surface area contributed by atoms with Crippen LogP contribution >= 0.6 is 34.2 Å². The number of nitrogens with one attached hydrogen (secondary N) is 2. The normalized spacial score (nSPS) is 15.2. The first kappa shape index (κ1) is 26.9. The zero-order chi connectivity index (χ0) is 26.0. The number of nitrogens with two attached hydrogens (primary N) is 1. The number of rotatable bonds is 8. The number of fused-ring (bicyclic) bond motifs is 1. The summed E-state index contributed by atoms with van der Waals surface area (Å²) in [5.74, 6) is 0.638. The molecule has 0 radical (unpaired) electrons. The van der Waals surface area contributed by atoms with E-state index in [1.807, 2.05) is 19.1 Å². The highest BCUT2D eigenvalue weighted by molar-refractivity contribution is 14.1. The fourth-order valence-corrected chi connectivity index (χ4v) is 5.85. The van der Waals surface area contributed by atoms with Gasteiger partial charge in [0.25, 0.3) is 6.01 Å². The average Bonchev–Trinajstić information content (AvgIpc) is 3.18. The molecule has 2 heterocycles. The summed E-state index contributed by atoms with van der Waals surface area (Å²) >= 11 is 8.24. The van der Waals surface area contributed by atoms with Gasteiger partial charge in [-0.2, -0.15) is 4.98 Å². The molecular weight excluding hydrogens is 621 g/mol. The highest BCUT2D eigenvalue weighted by Gasteiger charge is 2.23. The van der Waals surface area contributed by atoms with E-state index >= 15 is 0 Å². The molecule has 0 aliphatic carbocycles. The summed E-state index contributed by atoms with van der Waals surface area (Å²) in [7, 11) is -3.97. The Morgan fingerprint density at radius 2 is 2.03 bits per heavy atom. The smallest absolute Gasteiger partial charge is 0.295 e. The quantitative estimate of drug-likeness (QED) is 0.310. The summed E-state index contributed by atoms with van der Waals surface area (Å²) < 4.78 is 35.8. The maximum absolute atomic E-state index is 11.7. The van der Waals surface area contributed by atoms with Crippen LogP contribution in [0.1, 0.15) is 32.3 Å². The molecule has 4 rings (SSSR count). The number of carbonyl (C=O) groups is 1. The largest absolute Gasteiger partial charge is 0.493 e. The number of halogens is 2. The lowest BCUT2D eigenvalue weighted by molar-refractivity contribution is -0.114. The number of likely N-dealkylation sites (tertiary alicyclic amines) is 1. The highest BCUT2D eigenvalue weighted by Crippen LogP contribution is 2.32. The fourth-order valence-electron chi connectivity index (χ4n) is 4.17. The molecule has 3 aromatic rings. The van der Waals surface area contributed by atoms with Crippen molar-refractivity contribution >= 4 is 72.9 Å². The minimum Gasteiger partial charge on any atom is -0.493 e. The molecule has 0 bridgehead atoms. The number of carbonyl (C=O) groups excluding carboxylic acids is 1. The van der Waals surface area contributed by atoms with Crippen molar-refractivity contribution in [3.05, 3.63) is 38.4 Å². The van der Waals surface area contributed by atoms with Gasteiger partial charge in [0.1, 0.15) is 16.2 Å². The first-order chi connectivity index (χ1) is 17.0. The standard InChI is InChI=1S/C23H27ClIN5O5S/c1-3-34-20-9-14(8-18(22(20)25)27-13(2)31)12-30-6-4-15(5-7-30)28-23-29-17-10-16(24)21(36(26,32)33)11-19(17)35-23/h8-11,15H,3-7,12H2,1-2H3,(H,27,31)(H,28,29)(H2,26,32,33). The second-order valence-corrected chi connectivity index (χ2v) is 11.6. The van der Waals surface area contributed by atoms with E-state index in [1.165, 1.54) is 19.1 Å². The SMILES string of the molecule is CCOc1cc(CN2CCC(Nc3nc4cc(Cl)c(S(N)(=O)=O)cc4o3)CC2)cc(NC(C)=O)c1I. The Balaban J connectivity index is 1.40. The molecule has 1 aromatic heterocycles. The first-order valence-electron chi connectivity index (χ1n) is 11.4. The molecule has 2 aromatic carbocycles. The number of sulfonamides is 1. The summed E-state index contributed by atoms with van der Waals surface area (Å²) in [6.45, 7) is 6.40. The van der Waals surface area contributed by atoms with E-state index in [-0.39, 0.29) is 21.9 Å². The van der Waals surface area contributed by atoms with E-state index in [1.54, 1.807) is 0 Å². The molecule has 1 aliphatic heterocycles. The van der Waals surface area contributed by atoms with Gasteiger partial charge in [0.2, 0.25) is 15.9 Å². The lowest BCUT2D eigenvalue weighted by Crippen LogP contribution is -2.38. The number of primary sulfonamides is 1. The molecule has 1 fully saturated rings. The van der Waals surface area contributed by atoms with Crippen LogP contribution in [0.4, 0.5) is 11.7 Å². The van der Waals surface area contributed by atoms with Crippen molar-refractivity contribution in [2.45, 2.75) is 44.2 Å². The van der Waals surface area contributed by atoms with Crippen molar-refractivity contribution in [1.29, 1.82) is 0 Å². The van der Waals surface area contributed by atoms with E-state index in [4.69, 9.17) is 25.9 Å². The summed E-state index contributed by atoms with van der Waals surface area (Å²) in [6.07, 6.45) is 1.73. The maximum Gasteiger partial charge on any atom is 0.295 e. The van der Waals surface area contributed by atoms with Gasteiger partial charge < -0.3 is 19.8 Å². The molecule has 10 nitrogen and oxygen atoms in total. The third-order valence-electron chi connectivity index (χ3n) is 5.78. The topological polar surface area (TPSA) is 140 Å². The Hall–Kier alpha value is -2.13. The predicted octanol–water partition coefficient (Wildman–Crippen LogP) is 4.17. The molecule has 194 valence electrons. The first-order valence-corrected chi connectivity index (χ1v) is 14.4. The van der Waals surface area contributed by atoms with Gasteiger partial charge in [0, 0.05) is 38.7 Å². The Kier molecular flexibility index (Phi) is 8.29. The van der Waals surface area contributed by atoms with E-state index in [0.717, 1.165) is 53.0 Å². The van der Waals surface area contributed by atoms with Gasteiger partial charge in [0.05, 0.1) is 20.9 Å². The van der Waals surface area contributed by atoms with Gasteiger partial charge in [-0.05, 0) is 66.1 Å². The molecular formula is C23H27ClIN5O5S. The zero-order valence-corrected chi connectivity index (χ0v) is 23.5. The van der Waals surface area contributed by atoms with Crippen LogP contribution in [0.15, 0.2) is 33.6 Å². The Morgan fingerprint density at radius 3 is 2.67 bits per heavy atom. The minimum atomic E-state index is -3.97. The molecule has 1 aliphatic rings. The molecule has 36 heavy (non-hydrogen) atoms. The van der Waals surface area contributed by atoms with E-state index in [2.05, 4.69) is 43.1 Å². The zero-order valence-electron chi connectivity index (χ0n) is 19.8. The summed E-state index contributed by atoms with van der Waals surface area (Å²) in [4.78, 5) is 18.2. The van der Waals surface area contributed by atoms with Gasteiger partial charge in [-0.1, -0.05) is 11.6 Å². The maximum atomic E-state index is 11.7.